The summed E-state index contributed by atoms with van der Waals surface area (Å²) in [5.41, 5.74) is 0.723. The third-order valence-electron chi connectivity index (χ3n) is 3.14. The number of methoxy groups -OCH3 is 1. The maximum Gasteiger partial charge on any atom is 0.321 e. The molecular formula is C13H17ClN2O2. The number of hydrogen-bond acceptors (Lipinski definition) is 2. The second-order valence-electron chi connectivity index (χ2n) is 4.36. The number of rotatable bonds is 2. The number of carbonyl (C=O) groups excluding carboxylic acids is 1. The van der Waals surface area contributed by atoms with Gasteiger partial charge in [-0.05, 0) is 31.0 Å². The standard InChI is InChI=1S/C13H17ClN2O2/c1-18-12-5-7-16(8-6-12)13(17)15-11-4-2-3-10(14)9-11/h2-4,9,12H,5-8H2,1H3,(H,15,17). The minimum absolute atomic E-state index is 0.0770. The molecular weight excluding hydrogens is 252 g/mol. The Kier molecular flexibility index (Phi) is 4.44. The quantitative estimate of drug-likeness (QED) is 0.896. The van der Waals surface area contributed by atoms with Crippen LogP contribution in [0.25, 0.3) is 0 Å². The van der Waals surface area contributed by atoms with Crippen LogP contribution in [0.4, 0.5) is 10.5 Å². The van der Waals surface area contributed by atoms with Gasteiger partial charge >= 0.3 is 6.03 Å². The zero-order valence-corrected chi connectivity index (χ0v) is 11.1. The molecule has 1 fully saturated rings. The lowest BCUT2D eigenvalue weighted by atomic mass is 10.1. The van der Waals surface area contributed by atoms with Crippen molar-refractivity contribution in [1.82, 2.24) is 4.90 Å². The van der Waals surface area contributed by atoms with E-state index >= 15 is 0 Å². The van der Waals surface area contributed by atoms with Gasteiger partial charge in [0.15, 0.2) is 0 Å². The summed E-state index contributed by atoms with van der Waals surface area (Å²) in [4.78, 5) is 13.8. The molecule has 0 bridgehead atoms. The largest absolute Gasteiger partial charge is 0.381 e. The number of piperidine rings is 1. The summed E-state index contributed by atoms with van der Waals surface area (Å²) in [7, 11) is 1.71. The van der Waals surface area contributed by atoms with E-state index in [0.717, 1.165) is 31.6 Å². The van der Waals surface area contributed by atoms with E-state index in [1.807, 2.05) is 12.1 Å². The number of amides is 2. The first kappa shape index (κ1) is 13.2. The first-order valence-electron chi connectivity index (χ1n) is 6.03. The molecule has 5 heteroatoms. The molecule has 2 rings (SSSR count). The van der Waals surface area contributed by atoms with Gasteiger partial charge in [-0.3, -0.25) is 0 Å². The normalized spacial score (nSPS) is 16.7. The average Bonchev–Trinajstić information content (AvgIpc) is 2.39. The molecule has 0 radical (unpaired) electrons. The second kappa shape index (κ2) is 6.07. The fourth-order valence-corrected chi connectivity index (χ4v) is 2.25. The molecule has 1 heterocycles. The number of nitrogens with one attached hydrogen (secondary N) is 1. The Hall–Kier alpha value is -1.26. The smallest absolute Gasteiger partial charge is 0.321 e. The van der Waals surface area contributed by atoms with Crippen LogP contribution in [-0.2, 0) is 4.74 Å². The number of halogens is 1. The second-order valence-corrected chi connectivity index (χ2v) is 4.80. The molecule has 1 saturated heterocycles. The predicted molar refractivity (Wildman–Crippen MR) is 72.1 cm³/mol. The van der Waals surface area contributed by atoms with Crippen molar-refractivity contribution in [3.05, 3.63) is 29.3 Å². The van der Waals surface area contributed by atoms with Gasteiger partial charge in [-0.25, -0.2) is 4.79 Å². The third kappa shape index (κ3) is 3.37. The molecule has 1 N–H and O–H groups in total. The van der Waals surface area contributed by atoms with Crippen molar-refractivity contribution >= 4 is 23.3 Å². The molecule has 0 spiro atoms. The monoisotopic (exact) mass is 268 g/mol. The number of likely N-dealkylation sites (tertiary alicyclic amines) is 1. The van der Waals surface area contributed by atoms with Crippen LogP contribution in [0.2, 0.25) is 5.02 Å². The van der Waals surface area contributed by atoms with Gasteiger partial charge in [-0.15, -0.1) is 0 Å². The van der Waals surface area contributed by atoms with Crippen LogP contribution in [0, 0.1) is 0 Å². The minimum Gasteiger partial charge on any atom is -0.381 e. The van der Waals surface area contributed by atoms with Crippen molar-refractivity contribution < 1.29 is 9.53 Å². The molecule has 1 aromatic rings. The van der Waals surface area contributed by atoms with E-state index in [4.69, 9.17) is 16.3 Å². The van der Waals surface area contributed by atoms with Crippen molar-refractivity contribution in [3.63, 3.8) is 0 Å². The topological polar surface area (TPSA) is 41.6 Å². The number of hydrogen-bond donors (Lipinski definition) is 1. The van der Waals surface area contributed by atoms with Crippen LogP contribution in [0.1, 0.15) is 12.8 Å². The van der Waals surface area contributed by atoms with Crippen LogP contribution in [-0.4, -0.2) is 37.2 Å². The van der Waals surface area contributed by atoms with Crippen LogP contribution in [0.15, 0.2) is 24.3 Å². The molecule has 1 aliphatic rings. The maximum atomic E-state index is 12.0. The summed E-state index contributed by atoms with van der Waals surface area (Å²) in [5.74, 6) is 0. The minimum atomic E-state index is -0.0770. The highest BCUT2D eigenvalue weighted by atomic mass is 35.5. The van der Waals surface area contributed by atoms with Crippen molar-refractivity contribution in [2.24, 2.45) is 0 Å². The summed E-state index contributed by atoms with van der Waals surface area (Å²) < 4.78 is 5.28. The average molecular weight is 269 g/mol. The molecule has 0 unspecified atom stereocenters. The number of ether oxygens (including phenoxy) is 1. The zero-order chi connectivity index (χ0) is 13.0. The molecule has 0 atom stereocenters. The van der Waals surface area contributed by atoms with Crippen molar-refractivity contribution in [3.8, 4) is 0 Å². The van der Waals surface area contributed by atoms with Gasteiger partial charge in [-0.2, -0.15) is 0 Å². The first-order chi connectivity index (χ1) is 8.69. The SMILES string of the molecule is COC1CCN(C(=O)Nc2cccc(Cl)c2)CC1. The fraction of sp³-hybridized carbons (Fsp3) is 0.462. The van der Waals surface area contributed by atoms with Crippen LogP contribution < -0.4 is 5.32 Å². The lowest BCUT2D eigenvalue weighted by Gasteiger charge is -2.31. The van der Waals surface area contributed by atoms with E-state index in [1.165, 1.54) is 0 Å². The summed E-state index contributed by atoms with van der Waals surface area (Å²) >= 11 is 5.87. The zero-order valence-electron chi connectivity index (χ0n) is 10.4. The third-order valence-corrected chi connectivity index (χ3v) is 3.37. The van der Waals surface area contributed by atoms with E-state index < -0.39 is 0 Å². The molecule has 2 amide bonds. The Morgan fingerprint density at radius 2 is 2.17 bits per heavy atom. The van der Waals surface area contributed by atoms with Crippen molar-refractivity contribution in [2.45, 2.75) is 18.9 Å². The molecule has 18 heavy (non-hydrogen) atoms. The Bertz CT molecular complexity index is 417. The van der Waals surface area contributed by atoms with Gasteiger partial charge in [0, 0.05) is 30.9 Å². The van der Waals surface area contributed by atoms with Gasteiger partial charge in [0.05, 0.1) is 6.10 Å². The van der Waals surface area contributed by atoms with Crippen molar-refractivity contribution in [1.29, 1.82) is 0 Å². The van der Waals surface area contributed by atoms with E-state index in [9.17, 15) is 4.79 Å². The Morgan fingerprint density at radius 1 is 1.44 bits per heavy atom. The number of urea groups is 1. The molecule has 1 aliphatic heterocycles. The van der Waals surface area contributed by atoms with E-state index in [0.29, 0.717) is 5.02 Å². The molecule has 98 valence electrons. The molecule has 4 nitrogen and oxygen atoms in total. The Balaban J connectivity index is 1.89. The summed E-state index contributed by atoms with van der Waals surface area (Å²) in [6.07, 6.45) is 2.05. The lowest BCUT2D eigenvalue weighted by molar-refractivity contribution is 0.0521. The molecule has 0 aromatic heterocycles. The van der Waals surface area contributed by atoms with Crippen molar-refractivity contribution in [2.75, 3.05) is 25.5 Å². The van der Waals surface area contributed by atoms with Crippen LogP contribution in [0.5, 0.6) is 0 Å². The Morgan fingerprint density at radius 3 is 2.78 bits per heavy atom. The van der Waals surface area contributed by atoms with Gasteiger partial charge in [0.2, 0.25) is 0 Å². The number of benzene rings is 1. The number of anilines is 1. The number of carbonyl (C=O) groups is 1. The van der Waals surface area contributed by atoms with E-state index in [1.54, 1.807) is 24.1 Å². The van der Waals surface area contributed by atoms with Gasteiger partial charge in [-0.1, -0.05) is 17.7 Å². The summed E-state index contributed by atoms with van der Waals surface area (Å²) in [6, 6.07) is 7.08. The van der Waals surface area contributed by atoms with E-state index in [2.05, 4.69) is 5.32 Å². The lowest BCUT2D eigenvalue weighted by Crippen LogP contribution is -2.42. The fourth-order valence-electron chi connectivity index (χ4n) is 2.06. The maximum absolute atomic E-state index is 12.0. The summed E-state index contributed by atoms with van der Waals surface area (Å²) in [5, 5.41) is 3.46. The molecule has 1 aromatic carbocycles. The first-order valence-corrected chi connectivity index (χ1v) is 6.41. The van der Waals surface area contributed by atoms with Crippen LogP contribution in [0.3, 0.4) is 0 Å². The number of nitrogens with zero attached hydrogens (tertiary/aromatic N) is 1. The highest BCUT2D eigenvalue weighted by Gasteiger charge is 2.22. The van der Waals surface area contributed by atoms with Gasteiger partial charge < -0.3 is 15.0 Å². The van der Waals surface area contributed by atoms with Crippen LogP contribution >= 0.6 is 11.6 Å². The van der Waals surface area contributed by atoms with E-state index in [-0.39, 0.29) is 12.1 Å². The van der Waals surface area contributed by atoms with Gasteiger partial charge in [0.25, 0.3) is 0 Å². The highest BCUT2D eigenvalue weighted by Crippen LogP contribution is 2.17. The molecule has 0 saturated carbocycles. The highest BCUT2D eigenvalue weighted by molar-refractivity contribution is 6.30. The Labute approximate surface area is 112 Å². The predicted octanol–water partition coefficient (Wildman–Crippen LogP) is 2.98. The summed E-state index contributed by atoms with van der Waals surface area (Å²) in [6.45, 7) is 1.45. The van der Waals surface area contributed by atoms with Gasteiger partial charge in [0.1, 0.15) is 0 Å². The molecule has 0 aliphatic carbocycles.